The first kappa shape index (κ1) is 21.1. The van der Waals surface area contributed by atoms with Crippen LogP contribution >= 0.6 is 11.6 Å². The summed E-state index contributed by atoms with van der Waals surface area (Å²) in [4.78, 5) is 12.1. The van der Waals surface area contributed by atoms with Gasteiger partial charge in [-0.1, -0.05) is 18.5 Å². The highest BCUT2D eigenvalue weighted by Crippen LogP contribution is 2.27. The Morgan fingerprint density at radius 2 is 2.07 bits per heavy atom. The number of aryl methyl sites for hydroxylation is 2. The van der Waals surface area contributed by atoms with Gasteiger partial charge in [-0.2, -0.15) is 18.2 Å². The highest BCUT2D eigenvalue weighted by Gasteiger charge is 2.16. The smallest absolute Gasteiger partial charge is 0.301 e. The zero-order valence-electron chi connectivity index (χ0n) is 16.3. The molecule has 1 amide bonds. The molecule has 2 heterocycles. The van der Waals surface area contributed by atoms with E-state index in [9.17, 15) is 13.2 Å². The number of carbonyl (C=O) groups excluding carboxylic acids is 1. The summed E-state index contributed by atoms with van der Waals surface area (Å²) in [6.45, 7) is 3.90. The lowest BCUT2D eigenvalue weighted by Gasteiger charge is -2.08. The third-order valence-corrected chi connectivity index (χ3v) is 5.59. The van der Waals surface area contributed by atoms with Gasteiger partial charge in [-0.05, 0) is 43.7 Å². The second-order valence-corrected chi connectivity index (χ2v) is 8.47. The summed E-state index contributed by atoms with van der Waals surface area (Å²) >= 11 is 6.07. The first-order chi connectivity index (χ1) is 13.7. The van der Waals surface area contributed by atoms with E-state index in [0.717, 1.165) is 16.7 Å². The number of halogens is 1. The Morgan fingerprint density at radius 1 is 1.31 bits per heavy atom. The van der Waals surface area contributed by atoms with Gasteiger partial charge in [0.05, 0.1) is 11.2 Å². The Balaban J connectivity index is 1.93. The summed E-state index contributed by atoms with van der Waals surface area (Å²) in [5, 5.41) is 6.05. The number of fused-ring (bicyclic) bond motifs is 1. The molecule has 0 aliphatic heterocycles. The molecule has 0 aliphatic carbocycles. The Morgan fingerprint density at radius 3 is 2.79 bits per heavy atom. The van der Waals surface area contributed by atoms with Crippen LogP contribution in [-0.4, -0.2) is 35.2 Å². The second kappa shape index (κ2) is 8.40. The van der Waals surface area contributed by atoms with Crippen molar-refractivity contribution in [2.24, 2.45) is 7.05 Å². The number of aromatic nitrogens is 3. The number of hydrogen-bond donors (Lipinski definition) is 2. The van der Waals surface area contributed by atoms with Gasteiger partial charge in [-0.3, -0.25) is 9.48 Å². The van der Waals surface area contributed by atoms with E-state index in [1.165, 1.54) is 6.08 Å². The first-order valence-electron chi connectivity index (χ1n) is 9.02. The average Bonchev–Trinajstić information content (AvgIpc) is 3.17. The van der Waals surface area contributed by atoms with E-state index in [4.69, 9.17) is 11.6 Å². The normalized spacial score (nSPS) is 12.1. The summed E-state index contributed by atoms with van der Waals surface area (Å²) in [6, 6.07) is 7.52. The Hall–Kier alpha value is -2.62. The predicted octanol–water partition coefficient (Wildman–Crippen LogP) is 2.70. The molecular weight excluding hydrogens is 414 g/mol. The molecule has 29 heavy (non-hydrogen) atoms. The van der Waals surface area contributed by atoms with Crippen molar-refractivity contribution >= 4 is 44.7 Å². The van der Waals surface area contributed by atoms with E-state index in [-0.39, 0.29) is 6.54 Å². The molecule has 0 atom stereocenters. The molecule has 2 aromatic heterocycles. The van der Waals surface area contributed by atoms with E-state index < -0.39 is 16.1 Å². The fourth-order valence-corrected chi connectivity index (χ4v) is 4.10. The highest BCUT2D eigenvalue weighted by atomic mass is 35.5. The van der Waals surface area contributed by atoms with E-state index in [1.807, 2.05) is 47.5 Å². The van der Waals surface area contributed by atoms with Crippen LogP contribution in [0.3, 0.4) is 0 Å². The molecule has 0 fully saturated rings. The third kappa shape index (κ3) is 4.69. The zero-order valence-corrected chi connectivity index (χ0v) is 17.9. The van der Waals surface area contributed by atoms with Crippen molar-refractivity contribution in [1.82, 2.24) is 23.8 Å². The van der Waals surface area contributed by atoms with E-state index >= 15 is 0 Å². The molecule has 154 valence electrons. The lowest BCUT2D eigenvalue weighted by molar-refractivity contribution is -0.114. The molecule has 3 aromatic rings. The molecule has 8 nitrogen and oxygen atoms in total. The molecule has 0 unspecified atom stereocenters. The molecule has 0 bridgehead atoms. The fraction of sp³-hybridized carbons (Fsp3) is 0.263. The minimum absolute atomic E-state index is 0.253. The predicted molar refractivity (Wildman–Crippen MR) is 114 cm³/mol. The van der Waals surface area contributed by atoms with Gasteiger partial charge in [0.15, 0.2) is 0 Å². The van der Waals surface area contributed by atoms with E-state index in [0.29, 0.717) is 22.7 Å². The number of rotatable bonds is 7. The summed E-state index contributed by atoms with van der Waals surface area (Å²) in [7, 11) is -2.07. The van der Waals surface area contributed by atoms with Crippen LogP contribution in [0.15, 0.2) is 36.5 Å². The molecule has 2 N–H and O–H groups in total. The van der Waals surface area contributed by atoms with Crippen molar-refractivity contribution in [1.29, 1.82) is 0 Å². The third-order valence-electron chi connectivity index (χ3n) is 4.30. The van der Waals surface area contributed by atoms with Gasteiger partial charge in [0.2, 0.25) is 0 Å². The quantitative estimate of drug-likeness (QED) is 0.557. The van der Waals surface area contributed by atoms with Gasteiger partial charge < -0.3 is 4.57 Å². The standard InChI is InChI=1S/C19H22ClN5O3S/c1-4-10-21-29(27,28)23-18(26)8-6-16-13(2)22-24(3)19(16)25-11-9-14-12-15(20)5-7-17(14)25/h5-9,11-12,21H,4,10H2,1-3H3,(H,23,26)/b8-6+. The Kier molecular flexibility index (Phi) is 6.11. The second-order valence-electron chi connectivity index (χ2n) is 6.53. The minimum Gasteiger partial charge on any atom is -0.301 e. The number of carbonyl (C=O) groups is 1. The van der Waals surface area contributed by atoms with Crippen LogP contribution in [0.25, 0.3) is 22.8 Å². The monoisotopic (exact) mass is 435 g/mol. The van der Waals surface area contributed by atoms with Gasteiger partial charge in [0, 0.05) is 41.8 Å². The molecule has 0 saturated heterocycles. The largest absolute Gasteiger partial charge is 0.301 e. The van der Waals surface area contributed by atoms with Crippen LogP contribution in [-0.2, 0) is 22.1 Å². The maximum Gasteiger partial charge on any atom is 0.301 e. The van der Waals surface area contributed by atoms with Gasteiger partial charge in [-0.25, -0.2) is 4.72 Å². The van der Waals surface area contributed by atoms with Crippen molar-refractivity contribution < 1.29 is 13.2 Å². The van der Waals surface area contributed by atoms with E-state index in [1.54, 1.807) is 23.9 Å². The molecule has 3 rings (SSSR count). The fourth-order valence-electron chi connectivity index (χ4n) is 3.04. The van der Waals surface area contributed by atoms with Crippen LogP contribution < -0.4 is 9.44 Å². The first-order valence-corrected chi connectivity index (χ1v) is 10.9. The molecular formula is C19H22ClN5O3S. The van der Waals surface area contributed by atoms with Crippen LogP contribution in [0, 0.1) is 6.92 Å². The molecule has 0 radical (unpaired) electrons. The summed E-state index contributed by atoms with van der Waals surface area (Å²) in [5.74, 6) is 0.00258. The summed E-state index contributed by atoms with van der Waals surface area (Å²) in [6.07, 6.45) is 5.26. The maximum atomic E-state index is 12.1. The number of nitrogens with one attached hydrogen (secondary N) is 2. The van der Waals surface area contributed by atoms with Gasteiger partial charge in [0.1, 0.15) is 5.82 Å². The lowest BCUT2D eigenvalue weighted by atomic mass is 10.2. The van der Waals surface area contributed by atoms with Gasteiger partial charge in [0.25, 0.3) is 5.91 Å². The maximum absolute atomic E-state index is 12.1. The zero-order chi connectivity index (χ0) is 21.2. The van der Waals surface area contributed by atoms with Crippen LogP contribution in [0.2, 0.25) is 5.02 Å². The topological polar surface area (TPSA) is 98.0 Å². The summed E-state index contributed by atoms with van der Waals surface area (Å²) < 4.78 is 31.5. The molecule has 1 aromatic carbocycles. The van der Waals surface area contributed by atoms with Crippen LogP contribution in [0.4, 0.5) is 0 Å². The summed E-state index contributed by atoms with van der Waals surface area (Å²) in [5.41, 5.74) is 2.34. The highest BCUT2D eigenvalue weighted by molar-refractivity contribution is 7.88. The minimum atomic E-state index is -3.88. The van der Waals surface area contributed by atoms with Crippen molar-refractivity contribution in [3.8, 4) is 5.82 Å². The average molecular weight is 436 g/mol. The van der Waals surface area contributed by atoms with Gasteiger partial charge >= 0.3 is 10.2 Å². The lowest BCUT2D eigenvalue weighted by Crippen LogP contribution is -2.39. The van der Waals surface area contributed by atoms with Crippen molar-refractivity contribution in [3.63, 3.8) is 0 Å². The van der Waals surface area contributed by atoms with Gasteiger partial charge in [-0.15, -0.1) is 0 Å². The Bertz CT molecular complexity index is 1190. The van der Waals surface area contributed by atoms with Crippen molar-refractivity contribution in [3.05, 3.63) is 52.8 Å². The molecule has 0 saturated carbocycles. The SMILES string of the molecule is CCCNS(=O)(=O)NC(=O)/C=C/c1c(C)nn(C)c1-n1ccc2cc(Cl)ccc21. The molecule has 0 aliphatic rings. The van der Waals surface area contributed by atoms with Crippen molar-refractivity contribution in [2.75, 3.05) is 6.54 Å². The van der Waals surface area contributed by atoms with Crippen molar-refractivity contribution in [2.45, 2.75) is 20.3 Å². The van der Waals surface area contributed by atoms with E-state index in [2.05, 4.69) is 9.82 Å². The number of nitrogens with zero attached hydrogens (tertiary/aromatic N) is 3. The number of hydrogen-bond acceptors (Lipinski definition) is 4. The number of benzene rings is 1. The Labute approximate surface area is 174 Å². The van der Waals surface area contributed by atoms with Crippen LogP contribution in [0.1, 0.15) is 24.6 Å². The molecule has 0 spiro atoms. The van der Waals surface area contributed by atoms with Crippen LogP contribution in [0.5, 0.6) is 0 Å². The number of amides is 1. The molecule has 10 heteroatoms.